The number of carbonyl (C=O) groups is 1. The molecule has 0 saturated heterocycles. The van der Waals surface area contributed by atoms with E-state index in [0.29, 0.717) is 18.7 Å². The number of carbonyl (C=O) groups excluding carboxylic acids is 1. The van der Waals surface area contributed by atoms with Gasteiger partial charge in [0, 0.05) is 18.2 Å². The van der Waals surface area contributed by atoms with Crippen molar-refractivity contribution in [2.45, 2.75) is 26.1 Å². The predicted molar refractivity (Wildman–Crippen MR) is 107 cm³/mol. The lowest BCUT2D eigenvalue weighted by molar-refractivity contribution is 0.100. The summed E-state index contributed by atoms with van der Waals surface area (Å²) in [5.41, 5.74) is 9.24. The second-order valence-corrected chi connectivity index (χ2v) is 6.51. The Balaban J connectivity index is 1.51. The van der Waals surface area contributed by atoms with E-state index in [1.807, 2.05) is 42.5 Å². The third-order valence-corrected chi connectivity index (χ3v) is 4.48. The van der Waals surface area contributed by atoms with E-state index in [-0.39, 0.29) is 6.04 Å². The van der Waals surface area contributed by atoms with Crippen molar-refractivity contribution >= 4 is 5.91 Å². The van der Waals surface area contributed by atoms with Crippen molar-refractivity contribution in [3.8, 4) is 5.75 Å². The number of benzene rings is 3. The highest BCUT2D eigenvalue weighted by Gasteiger charge is 2.06. The van der Waals surface area contributed by atoms with Crippen LogP contribution in [0.3, 0.4) is 0 Å². The molecule has 0 unspecified atom stereocenters. The van der Waals surface area contributed by atoms with Gasteiger partial charge in [-0.15, -0.1) is 0 Å². The van der Waals surface area contributed by atoms with Gasteiger partial charge in [-0.25, -0.2) is 0 Å². The number of amides is 1. The normalized spacial score (nSPS) is 11.7. The first kappa shape index (κ1) is 18.7. The van der Waals surface area contributed by atoms with E-state index in [1.54, 1.807) is 12.1 Å². The van der Waals surface area contributed by atoms with Crippen LogP contribution in [0.25, 0.3) is 0 Å². The Morgan fingerprint density at radius 2 is 1.59 bits per heavy atom. The maximum absolute atomic E-state index is 11.1. The van der Waals surface area contributed by atoms with Crippen LogP contribution in [-0.4, -0.2) is 5.91 Å². The molecule has 0 aliphatic rings. The summed E-state index contributed by atoms with van der Waals surface area (Å²) in [6.07, 6.45) is 0. The molecule has 0 radical (unpaired) electrons. The van der Waals surface area contributed by atoms with Crippen LogP contribution in [0.5, 0.6) is 5.75 Å². The Kier molecular flexibility index (Phi) is 6.23. The van der Waals surface area contributed by atoms with Crippen LogP contribution in [0.15, 0.2) is 78.9 Å². The highest BCUT2D eigenvalue weighted by atomic mass is 16.5. The van der Waals surface area contributed by atoms with E-state index < -0.39 is 5.91 Å². The molecular weight excluding hydrogens is 336 g/mol. The molecule has 4 heteroatoms. The van der Waals surface area contributed by atoms with Crippen LogP contribution in [-0.2, 0) is 13.2 Å². The summed E-state index contributed by atoms with van der Waals surface area (Å²) < 4.78 is 5.83. The first-order chi connectivity index (χ1) is 13.1. The van der Waals surface area contributed by atoms with E-state index >= 15 is 0 Å². The molecule has 0 aromatic heterocycles. The molecule has 0 spiro atoms. The molecule has 138 valence electrons. The van der Waals surface area contributed by atoms with Gasteiger partial charge in [-0.3, -0.25) is 4.79 Å². The predicted octanol–water partition coefficient (Wildman–Crippen LogP) is 4.22. The van der Waals surface area contributed by atoms with E-state index in [1.165, 1.54) is 5.56 Å². The summed E-state index contributed by atoms with van der Waals surface area (Å²) in [4.78, 5) is 11.1. The van der Waals surface area contributed by atoms with Gasteiger partial charge < -0.3 is 15.8 Å². The zero-order chi connectivity index (χ0) is 19.1. The van der Waals surface area contributed by atoms with Crippen LogP contribution >= 0.6 is 0 Å². The molecular formula is C23H24N2O2. The lowest BCUT2D eigenvalue weighted by Gasteiger charge is -2.15. The van der Waals surface area contributed by atoms with Crippen LogP contribution in [0, 0.1) is 0 Å². The van der Waals surface area contributed by atoms with Crippen molar-refractivity contribution in [3.63, 3.8) is 0 Å². The van der Waals surface area contributed by atoms with Gasteiger partial charge in [0.25, 0.3) is 0 Å². The molecule has 1 atom stereocenters. The lowest BCUT2D eigenvalue weighted by Crippen LogP contribution is -2.18. The molecule has 0 aliphatic heterocycles. The Morgan fingerprint density at radius 3 is 2.22 bits per heavy atom. The number of hydrogen-bond acceptors (Lipinski definition) is 3. The topological polar surface area (TPSA) is 64.3 Å². The molecule has 1 amide bonds. The minimum atomic E-state index is -0.405. The van der Waals surface area contributed by atoms with Gasteiger partial charge in [-0.2, -0.15) is 0 Å². The maximum atomic E-state index is 11.1. The molecule has 0 aliphatic carbocycles. The molecule has 3 aromatic rings. The SMILES string of the molecule is C[C@@H](NCc1ccc(C(N)=O)cc1)c1ccc(OCc2ccccc2)cc1. The standard InChI is InChI=1S/C23H24N2O2/c1-17(25-15-18-7-9-21(10-8-18)23(24)26)20-11-13-22(14-12-20)27-16-19-5-3-2-4-6-19/h2-14,17,25H,15-16H2,1H3,(H2,24,26)/t17-/m1/s1. The zero-order valence-electron chi connectivity index (χ0n) is 15.4. The zero-order valence-corrected chi connectivity index (χ0v) is 15.4. The van der Waals surface area contributed by atoms with Crippen molar-refractivity contribution in [1.82, 2.24) is 5.32 Å². The second-order valence-electron chi connectivity index (χ2n) is 6.51. The van der Waals surface area contributed by atoms with Crippen molar-refractivity contribution < 1.29 is 9.53 Å². The maximum Gasteiger partial charge on any atom is 0.248 e. The fourth-order valence-corrected chi connectivity index (χ4v) is 2.77. The highest BCUT2D eigenvalue weighted by molar-refractivity contribution is 5.92. The van der Waals surface area contributed by atoms with Crippen LogP contribution in [0.2, 0.25) is 0 Å². The average molecular weight is 360 g/mol. The van der Waals surface area contributed by atoms with Gasteiger partial charge in [0.15, 0.2) is 0 Å². The lowest BCUT2D eigenvalue weighted by atomic mass is 10.1. The first-order valence-corrected chi connectivity index (χ1v) is 9.00. The van der Waals surface area contributed by atoms with Crippen molar-refractivity contribution in [3.05, 3.63) is 101 Å². The van der Waals surface area contributed by atoms with E-state index in [9.17, 15) is 4.79 Å². The third kappa shape index (κ3) is 5.43. The number of nitrogens with one attached hydrogen (secondary N) is 1. The smallest absolute Gasteiger partial charge is 0.248 e. The summed E-state index contributed by atoms with van der Waals surface area (Å²) in [6.45, 7) is 3.40. The number of ether oxygens (including phenoxy) is 1. The monoisotopic (exact) mass is 360 g/mol. The van der Waals surface area contributed by atoms with Crippen LogP contribution in [0.4, 0.5) is 0 Å². The molecule has 0 fully saturated rings. The summed E-state index contributed by atoms with van der Waals surface area (Å²) in [6, 6.07) is 25.8. The second kappa shape index (κ2) is 9.01. The minimum Gasteiger partial charge on any atom is -0.489 e. The van der Waals surface area contributed by atoms with Gasteiger partial charge in [0.2, 0.25) is 5.91 Å². The van der Waals surface area contributed by atoms with Gasteiger partial charge in [-0.05, 0) is 47.9 Å². The molecule has 4 nitrogen and oxygen atoms in total. The number of hydrogen-bond donors (Lipinski definition) is 2. The number of nitrogens with two attached hydrogens (primary N) is 1. The highest BCUT2D eigenvalue weighted by Crippen LogP contribution is 2.19. The van der Waals surface area contributed by atoms with Crippen molar-refractivity contribution in [2.75, 3.05) is 0 Å². The minimum absolute atomic E-state index is 0.198. The van der Waals surface area contributed by atoms with Gasteiger partial charge >= 0.3 is 0 Å². The Bertz CT molecular complexity index is 859. The molecule has 3 aromatic carbocycles. The number of primary amides is 1. The largest absolute Gasteiger partial charge is 0.489 e. The van der Waals surface area contributed by atoms with Crippen LogP contribution in [0.1, 0.15) is 40.0 Å². The van der Waals surface area contributed by atoms with Gasteiger partial charge in [0.1, 0.15) is 12.4 Å². The van der Waals surface area contributed by atoms with Gasteiger partial charge in [-0.1, -0.05) is 54.6 Å². The molecule has 0 saturated carbocycles. The van der Waals surface area contributed by atoms with E-state index in [4.69, 9.17) is 10.5 Å². The molecule has 0 bridgehead atoms. The molecule has 3 N–H and O–H groups in total. The Hall–Kier alpha value is -3.11. The fraction of sp³-hybridized carbons (Fsp3) is 0.174. The Labute approximate surface area is 160 Å². The first-order valence-electron chi connectivity index (χ1n) is 9.00. The summed E-state index contributed by atoms with van der Waals surface area (Å²) in [5.74, 6) is 0.453. The average Bonchev–Trinajstić information content (AvgIpc) is 2.72. The van der Waals surface area contributed by atoms with E-state index in [2.05, 4.69) is 36.5 Å². The number of rotatable bonds is 8. The fourth-order valence-electron chi connectivity index (χ4n) is 2.77. The third-order valence-electron chi connectivity index (χ3n) is 4.48. The van der Waals surface area contributed by atoms with Crippen molar-refractivity contribution in [2.24, 2.45) is 5.73 Å². The quantitative estimate of drug-likeness (QED) is 0.632. The summed E-state index contributed by atoms with van der Waals surface area (Å²) in [7, 11) is 0. The summed E-state index contributed by atoms with van der Waals surface area (Å²) in [5, 5.41) is 3.48. The Morgan fingerprint density at radius 1 is 0.926 bits per heavy atom. The van der Waals surface area contributed by atoms with Crippen molar-refractivity contribution in [1.29, 1.82) is 0 Å². The molecule has 27 heavy (non-hydrogen) atoms. The molecule has 0 heterocycles. The van der Waals surface area contributed by atoms with E-state index in [0.717, 1.165) is 16.9 Å². The van der Waals surface area contributed by atoms with Gasteiger partial charge in [0.05, 0.1) is 0 Å². The molecule has 3 rings (SSSR count). The van der Waals surface area contributed by atoms with Crippen LogP contribution < -0.4 is 15.8 Å². The summed E-state index contributed by atoms with van der Waals surface area (Å²) >= 11 is 0.